The molecular formula is C24H32N4O4P2. The van der Waals surface area contributed by atoms with Gasteiger partial charge >= 0.3 is 0 Å². The smallest absolute Gasteiger partial charge is 0.278 e. The summed E-state index contributed by atoms with van der Waals surface area (Å²) in [6, 6.07) is 4.02. The fourth-order valence-corrected chi connectivity index (χ4v) is 6.15. The predicted molar refractivity (Wildman–Crippen MR) is 140 cm³/mol. The third-order valence-electron chi connectivity index (χ3n) is 6.92. The molecule has 4 rings (SSSR count). The fraction of sp³-hybridized carbons (Fsp3) is 0.458. The van der Waals surface area contributed by atoms with Crippen molar-refractivity contribution in [3.63, 3.8) is 0 Å². The normalized spacial score (nSPS) is 19.6. The molecule has 1 N–H and O–H groups in total. The Morgan fingerprint density at radius 3 is 2.62 bits per heavy atom. The van der Waals surface area contributed by atoms with Crippen LogP contribution in [0.25, 0.3) is 0 Å². The second-order valence-electron chi connectivity index (χ2n) is 9.34. The molecule has 34 heavy (non-hydrogen) atoms. The molecule has 2 amide bonds. The van der Waals surface area contributed by atoms with E-state index < -0.39 is 17.1 Å². The Morgan fingerprint density at radius 2 is 1.97 bits per heavy atom. The number of hydrogen-bond acceptors (Lipinski definition) is 5. The molecule has 2 aliphatic heterocycles. The van der Waals surface area contributed by atoms with E-state index in [9.17, 15) is 19.5 Å². The van der Waals surface area contributed by atoms with E-state index in [2.05, 4.69) is 25.4 Å². The van der Waals surface area contributed by atoms with E-state index in [0.29, 0.717) is 25.6 Å². The minimum Gasteiger partial charge on any atom is -0.502 e. The standard InChI is InChI=1S/C24H32N4O4P2/c1-5-26-19-8-13(2)6-7-27(19)28-12-17(21(29)22(30)20(28)24(26)32)23(31)25(4)11-16-14(3)9-15(33)10-18(16)34/h9-10,12-13,19,30H,5-8,11,33-34H2,1-4H3/t13-,19+/m1/s1. The number of nitrogens with zero attached hydrogens (tertiary/aromatic N) is 4. The van der Waals surface area contributed by atoms with E-state index in [0.717, 1.165) is 34.6 Å². The molecule has 4 atom stereocenters. The maximum Gasteiger partial charge on any atom is 0.278 e. The van der Waals surface area contributed by atoms with Crippen LogP contribution in [0.2, 0.25) is 0 Å². The molecular weight excluding hydrogens is 470 g/mol. The predicted octanol–water partition coefficient (Wildman–Crippen LogP) is 1.31. The Bertz CT molecular complexity index is 1210. The first kappa shape index (κ1) is 24.7. The number of pyridine rings is 1. The Morgan fingerprint density at radius 1 is 1.26 bits per heavy atom. The van der Waals surface area contributed by atoms with Crippen molar-refractivity contribution in [1.82, 2.24) is 14.5 Å². The van der Waals surface area contributed by atoms with E-state index in [-0.39, 0.29) is 23.3 Å². The van der Waals surface area contributed by atoms with Gasteiger partial charge in [0.25, 0.3) is 11.8 Å². The third kappa shape index (κ3) is 4.12. The molecule has 2 aromatic rings. The maximum absolute atomic E-state index is 13.4. The van der Waals surface area contributed by atoms with Crippen molar-refractivity contribution in [2.45, 2.75) is 46.3 Å². The number of carbonyl (C=O) groups excluding carboxylic acids is 2. The lowest BCUT2D eigenvalue weighted by molar-refractivity contribution is 0.0495. The highest BCUT2D eigenvalue weighted by Gasteiger charge is 2.42. The van der Waals surface area contributed by atoms with Gasteiger partial charge in [-0.2, -0.15) is 0 Å². The number of hydrogen-bond donors (Lipinski definition) is 1. The Balaban J connectivity index is 1.74. The molecule has 10 heteroatoms. The van der Waals surface area contributed by atoms with Crippen LogP contribution in [0.5, 0.6) is 5.75 Å². The lowest BCUT2D eigenvalue weighted by Crippen LogP contribution is -2.64. The van der Waals surface area contributed by atoms with Gasteiger partial charge in [0, 0.05) is 32.9 Å². The van der Waals surface area contributed by atoms with Gasteiger partial charge in [0.2, 0.25) is 5.43 Å². The highest BCUT2D eigenvalue weighted by molar-refractivity contribution is 7.29. The molecule has 0 spiro atoms. The number of amides is 2. The quantitative estimate of drug-likeness (QED) is 0.638. The van der Waals surface area contributed by atoms with Crippen molar-refractivity contribution < 1.29 is 14.7 Å². The number of aromatic nitrogens is 1. The molecule has 2 aliphatic rings. The summed E-state index contributed by atoms with van der Waals surface area (Å²) in [4.78, 5) is 42.8. The van der Waals surface area contributed by atoms with Gasteiger partial charge in [-0.3, -0.25) is 24.1 Å². The van der Waals surface area contributed by atoms with Gasteiger partial charge in [-0.25, -0.2) is 0 Å². The molecule has 182 valence electrons. The SMILES string of the molecule is CCN1C(=O)c2c(O)c(=O)c(C(=O)N(C)Cc3c(C)cc(P)cc3P)cn2N2CC[C@@H](C)C[C@@H]12. The zero-order valence-electron chi connectivity index (χ0n) is 20.0. The maximum atomic E-state index is 13.4. The van der Waals surface area contributed by atoms with E-state index >= 15 is 0 Å². The summed E-state index contributed by atoms with van der Waals surface area (Å²) in [5, 5.41) is 14.8. The molecule has 0 saturated carbocycles. The number of piperidine rings is 1. The molecule has 0 radical (unpaired) electrons. The van der Waals surface area contributed by atoms with Crippen LogP contribution in [0.1, 0.15) is 58.7 Å². The summed E-state index contributed by atoms with van der Waals surface area (Å²) in [7, 11) is 6.99. The summed E-state index contributed by atoms with van der Waals surface area (Å²) >= 11 is 0. The average molecular weight is 502 g/mol. The number of rotatable bonds is 4. The molecule has 1 aromatic heterocycles. The topological polar surface area (TPSA) is 86.1 Å². The van der Waals surface area contributed by atoms with Gasteiger partial charge in [0.1, 0.15) is 11.7 Å². The molecule has 2 unspecified atom stereocenters. The second-order valence-corrected chi connectivity index (χ2v) is 10.6. The Labute approximate surface area is 204 Å². The molecule has 0 aliphatic carbocycles. The Hall–Kier alpha value is -2.43. The second kappa shape index (κ2) is 9.31. The monoisotopic (exact) mass is 502 g/mol. The summed E-state index contributed by atoms with van der Waals surface area (Å²) in [6.07, 6.45) is 2.96. The van der Waals surface area contributed by atoms with E-state index in [4.69, 9.17) is 0 Å². The first-order chi connectivity index (χ1) is 16.0. The highest BCUT2D eigenvalue weighted by Crippen LogP contribution is 2.31. The van der Waals surface area contributed by atoms with Gasteiger partial charge in [0.05, 0.1) is 0 Å². The lowest BCUT2D eigenvalue weighted by atomic mass is 9.95. The van der Waals surface area contributed by atoms with Crippen molar-refractivity contribution in [3.05, 3.63) is 50.9 Å². The van der Waals surface area contributed by atoms with Crippen LogP contribution < -0.4 is 21.0 Å². The van der Waals surface area contributed by atoms with Gasteiger partial charge in [-0.1, -0.05) is 13.0 Å². The van der Waals surface area contributed by atoms with E-state index in [1.165, 1.54) is 15.8 Å². The van der Waals surface area contributed by atoms with Crippen molar-refractivity contribution in [2.24, 2.45) is 5.92 Å². The number of aryl methyl sites for hydroxylation is 1. The molecule has 8 nitrogen and oxygen atoms in total. The van der Waals surface area contributed by atoms with Crippen molar-refractivity contribution in [2.75, 3.05) is 25.1 Å². The number of benzene rings is 1. The molecule has 1 fully saturated rings. The van der Waals surface area contributed by atoms with E-state index in [1.54, 1.807) is 11.9 Å². The molecule has 1 aromatic carbocycles. The van der Waals surface area contributed by atoms with Gasteiger partial charge < -0.3 is 14.9 Å². The Kier molecular flexibility index (Phi) is 6.76. The zero-order valence-corrected chi connectivity index (χ0v) is 22.3. The van der Waals surface area contributed by atoms with Crippen LogP contribution in [-0.4, -0.2) is 57.7 Å². The summed E-state index contributed by atoms with van der Waals surface area (Å²) in [6.45, 7) is 7.46. The van der Waals surface area contributed by atoms with E-state index in [1.807, 2.05) is 31.0 Å². The van der Waals surface area contributed by atoms with Crippen LogP contribution >= 0.6 is 18.5 Å². The fourth-order valence-electron chi connectivity index (χ4n) is 5.01. The van der Waals surface area contributed by atoms with Crippen LogP contribution in [-0.2, 0) is 6.54 Å². The third-order valence-corrected chi connectivity index (χ3v) is 7.76. The number of carbonyl (C=O) groups is 2. The summed E-state index contributed by atoms with van der Waals surface area (Å²) in [5.41, 5.74) is 0.978. The van der Waals surface area contributed by atoms with Crippen LogP contribution in [0, 0.1) is 12.8 Å². The summed E-state index contributed by atoms with van der Waals surface area (Å²) < 4.78 is 1.54. The lowest BCUT2D eigenvalue weighted by Gasteiger charge is -2.50. The van der Waals surface area contributed by atoms with Gasteiger partial charge in [-0.15, -0.1) is 18.5 Å². The first-order valence-corrected chi connectivity index (χ1v) is 12.7. The van der Waals surface area contributed by atoms with Crippen molar-refractivity contribution in [3.8, 4) is 5.75 Å². The minimum atomic E-state index is -0.820. The minimum absolute atomic E-state index is 0.0732. The van der Waals surface area contributed by atoms with Crippen molar-refractivity contribution >= 4 is 40.9 Å². The molecule has 1 saturated heterocycles. The molecule has 0 bridgehead atoms. The van der Waals surface area contributed by atoms with Crippen LogP contribution in [0.15, 0.2) is 23.1 Å². The molecule has 3 heterocycles. The van der Waals surface area contributed by atoms with Crippen LogP contribution in [0.3, 0.4) is 0 Å². The first-order valence-electron chi connectivity index (χ1n) is 11.5. The number of aromatic hydroxyl groups is 1. The van der Waals surface area contributed by atoms with Gasteiger partial charge in [-0.05, 0) is 60.4 Å². The van der Waals surface area contributed by atoms with Gasteiger partial charge in [0.15, 0.2) is 11.4 Å². The van der Waals surface area contributed by atoms with Crippen molar-refractivity contribution in [1.29, 1.82) is 0 Å². The van der Waals surface area contributed by atoms with Crippen LogP contribution in [0.4, 0.5) is 0 Å². The highest BCUT2D eigenvalue weighted by atomic mass is 31.0. The number of fused-ring (bicyclic) bond motifs is 3. The largest absolute Gasteiger partial charge is 0.502 e. The average Bonchev–Trinajstić information content (AvgIpc) is 2.77. The zero-order chi connectivity index (χ0) is 24.9. The summed E-state index contributed by atoms with van der Waals surface area (Å²) in [5.74, 6) is -1.11.